The molecule has 4 aromatic heterocycles. The Kier molecular flexibility index (Phi) is 5.57. The molecule has 1 atom stereocenters. The Bertz CT molecular complexity index is 1700. The van der Waals surface area contributed by atoms with Crippen LogP contribution in [0.4, 0.5) is 5.69 Å². The first-order chi connectivity index (χ1) is 16.6. The van der Waals surface area contributed by atoms with Crippen LogP contribution in [0, 0.1) is 6.92 Å². The number of carboxylic acid groups (broad SMARTS) is 1. The molecule has 4 heterocycles. The number of carbonyl (C=O) groups is 1. The highest BCUT2D eigenvalue weighted by Crippen LogP contribution is 2.35. The summed E-state index contributed by atoms with van der Waals surface area (Å²) in [5, 5.41) is 18.2. The van der Waals surface area contributed by atoms with Gasteiger partial charge in [-0.1, -0.05) is 11.6 Å². The first-order valence-electron chi connectivity index (χ1n) is 10.7. The second kappa shape index (κ2) is 8.47. The lowest BCUT2D eigenvalue weighted by Gasteiger charge is -2.17. The fourth-order valence-electron chi connectivity index (χ4n) is 4.31. The number of anilines is 1. The van der Waals surface area contributed by atoms with E-state index in [0.29, 0.717) is 21.7 Å². The summed E-state index contributed by atoms with van der Waals surface area (Å²) in [4.78, 5) is 34.8. The highest BCUT2D eigenvalue weighted by atomic mass is 35.5. The largest absolute Gasteiger partial charge is 0.476 e. The van der Waals surface area contributed by atoms with Crippen molar-refractivity contribution in [3.8, 4) is 11.4 Å². The topological polar surface area (TPSA) is 115 Å². The normalized spacial score (nSPS) is 12.4. The first kappa shape index (κ1) is 23.0. The second-order valence-electron chi connectivity index (χ2n) is 8.33. The van der Waals surface area contributed by atoms with Crippen molar-refractivity contribution >= 4 is 55.7 Å². The average molecular weight is 509 g/mol. The molecule has 0 saturated carbocycles. The number of fused-ring (bicyclic) bond motifs is 2. The molecule has 0 bridgehead atoms. The van der Waals surface area contributed by atoms with Crippen molar-refractivity contribution in [3.05, 3.63) is 68.2 Å². The van der Waals surface area contributed by atoms with Gasteiger partial charge >= 0.3 is 5.97 Å². The third-order valence-electron chi connectivity index (χ3n) is 5.88. The average Bonchev–Trinajstić information content (AvgIpc) is 3.34. The zero-order chi connectivity index (χ0) is 25.0. The number of rotatable bonds is 5. The van der Waals surface area contributed by atoms with Crippen molar-refractivity contribution < 1.29 is 9.90 Å². The molecule has 0 fully saturated rings. The van der Waals surface area contributed by atoms with E-state index in [-0.39, 0.29) is 22.4 Å². The highest BCUT2D eigenvalue weighted by molar-refractivity contribution is 7.19. The molecule has 0 aliphatic rings. The van der Waals surface area contributed by atoms with Gasteiger partial charge in [0.25, 0.3) is 5.56 Å². The Labute approximate surface area is 208 Å². The van der Waals surface area contributed by atoms with Crippen LogP contribution in [0.5, 0.6) is 0 Å². The van der Waals surface area contributed by atoms with Gasteiger partial charge in [-0.15, -0.1) is 11.3 Å². The molecule has 5 aromatic rings. The number of thiophene rings is 1. The van der Waals surface area contributed by atoms with Gasteiger partial charge in [0, 0.05) is 41.7 Å². The van der Waals surface area contributed by atoms with E-state index in [1.165, 1.54) is 17.4 Å². The minimum Gasteiger partial charge on any atom is -0.476 e. The zero-order valence-electron chi connectivity index (χ0n) is 19.3. The quantitative estimate of drug-likeness (QED) is 0.328. The lowest BCUT2D eigenvalue weighted by molar-refractivity contribution is 0.0691. The van der Waals surface area contributed by atoms with Gasteiger partial charge < -0.3 is 10.4 Å². The van der Waals surface area contributed by atoms with E-state index in [2.05, 4.69) is 15.4 Å². The Morgan fingerprint density at radius 1 is 1.20 bits per heavy atom. The van der Waals surface area contributed by atoms with E-state index >= 15 is 0 Å². The van der Waals surface area contributed by atoms with Crippen LogP contribution in [0.3, 0.4) is 0 Å². The van der Waals surface area contributed by atoms with Crippen molar-refractivity contribution in [2.75, 3.05) is 5.32 Å². The standard InChI is InChI=1S/C24H21ClN6O3S/c1-11(26-16-7-8-17(25)27-19(16)24(33)34)18-12(2)35-21-20(18)28-22(31(4)23(21)32)13-5-6-15-14(9-13)10-30(3)29-15/h5-11,26H,1-4H3,(H,33,34). The van der Waals surface area contributed by atoms with Gasteiger partial charge in [-0.3, -0.25) is 14.0 Å². The zero-order valence-corrected chi connectivity index (χ0v) is 20.9. The number of hydrogen-bond donors (Lipinski definition) is 2. The van der Waals surface area contributed by atoms with Gasteiger partial charge in [0.15, 0.2) is 5.69 Å². The van der Waals surface area contributed by atoms with Gasteiger partial charge in [0.1, 0.15) is 15.7 Å². The summed E-state index contributed by atoms with van der Waals surface area (Å²) in [6.07, 6.45) is 1.92. The summed E-state index contributed by atoms with van der Waals surface area (Å²) in [5.41, 5.74) is 3.11. The number of aromatic nitrogens is 5. The van der Waals surface area contributed by atoms with Gasteiger partial charge in [-0.25, -0.2) is 14.8 Å². The molecule has 35 heavy (non-hydrogen) atoms. The van der Waals surface area contributed by atoms with E-state index in [1.807, 2.05) is 45.3 Å². The van der Waals surface area contributed by atoms with Crippen molar-refractivity contribution in [3.63, 3.8) is 0 Å². The maximum Gasteiger partial charge on any atom is 0.356 e. The van der Waals surface area contributed by atoms with Crippen LogP contribution in [-0.4, -0.2) is 35.4 Å². The van der Waals surface area contributed by atoms with E-state index < -0.39 is 5.97 Å². The number of pyridine rings is 1. The summed E-state index contributed by atoms with van der Waals surface area (Å²) >= 11 is 7.27. The summed E-state index contributed by atoms with van der Waals surface area (Å²) in [6.45, 7) is 3.83. The molecule has 1 unspecified atom stereocenters. The highest BCUT2D eigenvalue weighted by Gasteiger charge is 2.23. The minimum absolute atomic E-state index is 0.0955. The molecule has 9 nitrogen and oxygen atoms in total. The second-order valence-corrected chi connectivity index (χ2v) is 9.94. The van der Waals surface area contributed by atoms with Crippen LogP contribution in [-0.2, 0) is 14.1 Å². The van der Waals surface area contributed by atoms with Crippen LogP contribution < -0.4 is 10.9 Å². The maximum absolute atomic E-state index is 13.3. The third kappa shape index (κ3) is 3.94. The number of hydrogen-bond acceptors (Lipinski definition) is 7. The van der Waals surface area contributed by atoms with Crippen LogP contribution in [0.2, 0.25) is 5.15 Å². The number of aryl methyl sites for hydroxylation is 2. The number of halogens is 1. The minimum atomic E-state index is -1.19. The van der Waals surface area contributed by atoms with Crippen molar-refractivity contribution in [1.82, 2.24) is 24.3 Å². The Hall–Kier alpha value is -3.76. The van der Waals surface area contributed by atoms with E-state index in [1.54, 1.807) is 22.4 Å². The summed E-state index contributed by atoms with van der Waals surface area (Å²) in [5.74, 6) is -0.645. The lowest BCUT2D eigenvalue weighted by Crippen LogP contribution is -2.20. The number of aromatic carboxylic acids is 1. The molecule has 0 aliphatic heterocycles. The van der Waals surface area contributed by atoms with Crippen molar-refractivity contribution in [1.29, 1.82) is 0 Å². The molecule has 0 amide bonds. The Morgan fingerprint density at radius 3 is 2.71 bits per heavy atom. The number of benzene rings is 1. The fraction of sp³-hybridized carbons (Fsp3) is 0.208. The van der Waals surface area contributed by atoms with Gasteiger partial charge in [0.2, 0.25) is 0 Å². The molecular weight excluding hydrogens is 488 g/mol. The predicted octanol–water partition coefficient (Wildman–Crippen LogP) is 4.78. The Morgan fingerprint density at radius 2 is 1.97 bits per heavy atom. The first-order valence-corrected chi connectivity index (χ1v) is 11.9. The molecule has 1 aromatic carbocycles. The predicted molar refractivity (Wildman–Crippen MR) is 138 cm³/mol. The number of nitrogens with zero attached hydrogens (tertiary/aromatic N) is 5. The molecule has 5 rings (SSSR count). The van der Waals surface area contributed by atoms with Gasteiger partial charge in [-0.05, 0) is 44.2 Å². The molecule has 178 valence electrons. The molecular formula is C24H21ClN6O3S. The number of carboxylic acids is 1. The summed E-state index contributed by atoms with van der Waals surface area (Å²) in [7, 11) is 3.58. The molecule has 0 saturated heterocycles. The van der Waals surface area contributed by atoms with Crippen LogP contribution in [0.15, 0.2) is 41.3 Å². The summed E-state index contributed by atoms with van der Waals surface area (Å²) < 4.78 is 3.85. The SMILES string of the molecule is Cc1sc2c(=O)n(C)c(-c3ccc4nn(C)cc4c3)nc2c1C(C)Nc1ccc(Cl)nc1C(=O)O. The maximum atomic E-state index is 13.3. The van der Waals surface area contributed by atoms with Gasteiger partial charge in [0.05, 0.1) is 22.8 Å². The van der Waals surface area contributed by atoms with E-state index in [4.69, 9.17) is 16.6 Å². The van der Waals surface area contributed by atoms with Crippen LogP contribution in [0.1, 0.15) is 33.9 Å². The van der Waals surface area contributed by atoms with Gasteiger partial charge in [-0.2, -0.15) is 5.10 Å². The van der Waals surface area contributed by atoms with Crippen molar-refractivity contribution in [2.45, 2.75) is 19.9 Å². The van der Waals surface area contributed by atoms with E-state index in [0.717, 1.165) is 26.9 Å². The fourth-order valence-corrected chi connectivity index (χ4v) is 5.62. The third-order valence-corrected chi connectivity index (χ3v) is 7.19. The molecule has 11 heteroatoms. The van der Waals surface area contributed by atoms with E-state index in [9.17, 15) is 14.7 Å². The lowest BCUT2D eigenvalue weighted by atomic mass is 10.1. The number of nitrogens with one attached hydrogen (secondary N) is 1. The monoisotopic (exact) mass is 508 g/mol. The molecule has 0 aliphatic carbocycles. The Balaban J connectivity index is 1.64. The van der Waals surface area contributed by atoms with Crippen LogP contribution >= 0.6 is 22.9 Å². The summed E-state index contributed by atoms with van der Waals surface area (Å²) in [6, 6.07) is 8.55. The van der Waals surface area contributed by atoms with Crippen LogP contribution in [0.25, 0.3) is 32.5 Å². The molecule has 0 radical (unpaired) electrons. The molecule has 0 spiro atoms. The molecule has 2 N–H and O–H groups in total. The van der Waals surface area contributed by atoms with Crippen molar-refractivity contribution in [2.24, 2.45) is 14.1 Å². The smallest absolute Gasteiger partial charge is 0.356 e.